The molecule has 0 N–H and O–H groups in total. The fraction of sp³-hybridized carbons (Fsp3) is 0.429. The Morgan fingerprint density at radius 3 is 1.96 bits per heavy atom. The van der Waals surface area contributed by atoms with E-state index in [0.717, 1.165) is 11.8 Å². The molecule has 2 aliphatic rings. The molecule has 2 aromatic carbocycles. The highest BCUT2D eigenvalue weighted by molar-refractivity contribution is 5.85. The van der Waals surface area contributed by atoms with Gasteiger partial charge in [-0.05, 0) is 67.3 Å². The Labute approximate surface area is 146 Å². The molecule has 0 unspecified atom stereocenters. The zero-order valence-corrected chi connectivity index (χ0v) is 14.5. The second-order valence-electron chi connectivity index (χ2n) is 7.03. The molecule has 1 heterocycles. The lowest BCUT2D eigenvalue weighted by molar-refractivity contribution is 0.184. The van der Waals surface area contributed by atoms with Gasteiger partial charge in [0.25, 0.3) is 0 Å². The van der Waals surface area contributed by atoms with E-state index in [1.165, 1.54) is 50.9 Å². The molecule has 0 spiro atoms. The molecule has 23 heavy (non-hydrogen) atoms. The molecule has 1 aliphatic heterocycles. The van der Waals surface area contributed by atoms with Crippen molar-refractivity contribution in [2.45, 2.75) is 31.6 Å². The number of rotatable bonds is 3. The van der Waals surface area contributed by atoms with E-state index in [2.05, 4.69) is 59.5 Å². The first-order valence-electron chi connectivity index (χ1n) is 8.72. The van der Waals surface area contributed by atoms with Crippen LogP contribution in [0.1, 0.15) is 35.4 Å². The van der Waals surface area contributed by atoms with E-state index in [0.29, 0.717) is 0 Å². The van der Waals surface area contributed by atoms with E-state index in [9.17, 15) is 0 Å². The van der Waals surface area contributed by atoms with Crippen LogP contribution in [-0.4, -0.2) is 24.5 Å². The van der Waals surface area contributed by atoms with Crippen LogP contribution < -0.4 is 0 Å². The standard InChI is InChI=1S/C21H25N.ClH/c1-2-6-18(7-3-1)19-10-12-22(13-11-19)16-17-14-20-8-4-5-9-21(20)15-17;/h1-9,17,19H,10-16H2;1H. The molecule has 0 aromatic heterocycles. The van der Waals surface area contributed by atoms with Crippen molar-refractivity contribution in [3.8, 4) is 0 Å². The van der Waals surface area contributed by atoms with Gasteiger partial charge < -0.3 is 4.90 Å². The van der Waals surface area contributed by atoms with Gasteiger partial charge in [0.05, 0.1) is 0 Å². The number of nitrogens with zero attached hydrogens (tertiary/aromatic N) is 1. The van der Waals surface area contributed by atoms with Gasteiger partial charge in [-0.3, -0.25) is 0 Å². The van der Waals surface area contributed by atoms with Crippen molar-refractivity contribution in [2.75, 3.05) is 19.6 Å². The first-order chi connectivity index (χ1) is 10.9. The Morgan fingerprint density at radius 2 is 1.35 bits per heavy atom. The molecule has 1 fully saturated rings. The quantitative estimate of drug-likeness (QED) is 0.789. The number of piperidine rings is 1. The fourth-order valence-electron chi connectivity index (χ4n) is 4.32. The predicted octanol–water partition coefficient (Wildman–Crippen LogP) is 4.70. The van der Waals surface area contributed by atoms with Crippen molar-refractivity contribution in [3.63, 3.8) is 0 Å². The van der Waals surface area contributed by atoms with Gasteiger partial charge in [0.15, 0.2) is 0 Å². The summed E-state index contributed by atoms with van der Waals surface area (Å²) in [6.07, 6.45) is 5.22. The third kappa shape index (κ3) is 3.79. The van der Waals surface area contributed by atoms with Crippen molar-refractivity contribution in [1.29, 1.82) is 0 Å². The van der Waals surface area contributed by atoms with Crippen LogP contribution in [0.2, 0.25) is 0 Å². The summed E-state index contributed by atoms with van der Waals surface area (Å²) >= 11 is 0. The third-order valence-electron chi connectivity index (χ3n) is 5.51. The summed E-state index contributed by atoms with van der Waals surface area (Å²) in [5.41, 5.74) is 4.72. The van der Waals surface area contributed by atoms with Crippen LogP contribution in [0.5, 0.6) is 0 Å². The molecule has 1 saturated heterocycles. The summed E-state index contributed by atoms with van der Waals surface area (Å²) in [6, 6.07) is 20.1. The molecule has 2 heteroatoms. The van der Waals surface area contributed by atoms with Gasteiger partial charge >= 0.3 is 0 Å². The van der Waals surface area contributed by atoms with E-state index in [4.69, 9.17) is 0 Å². The highest BCUT2D eigenvalue weighted by atomic mass is 35.5. The van der Waals surface area contributed by atoms with Crippen LogP contribution in [0.4, 0.5) is 0 Å². The normalized spacial score (nSPS) is 19.3. The smallest absolute Gasteiger partial charge is 0.00160 e. The van der Waals surface area contributed by atoms with Crippen molar-refractivity contribution >= 4 is 12.4 Å². The molecule has 4 rings (SSSR count). The van der Waals surface area contributed by atoms with Crippen molar-refractivity contribution in [2.24, 2.45) is 5.92 Å². The number of hydrogen-bond donors (Lipinski definition) is 0. The Morgan fingerprint density at radius 1 is 0.783 bits per heavy atom. The molecule has 122 valence electrons. The van der Waals surface area contributed by atoms with E-state index >= 15 is 0 Å². The van der Waals surface area contributed by atoms with Crippen LogP contribution in [0.25, 0.3) is 0 Å². The zero-order valence-electron chi connectivity index (χ0n) is 13.7. The van der Waals surface area contributed by atoms with Crippen LogP contribution in [0.3, 0.4) is 0 Å². The average molecular weight is 328 g/mol. The van der Waals surface area contributed by atoms with Crippen LogP contribution in [-0.2, 0) is 12.8 Å². The molecule has 0 amide bonds. The van der Waals surface area contributed by atoms with Gasteiger partial charge in [-0.2, -0.15) is 0 Å². The summed E-state index contributed by atoms with van der Waals surface area (Å²) in [7, 11) is 0. The molecule has 0 saturated carbocycles. The Balaban J connectivity index is 0.00000156. The maximum absolute atomic E-state index is 2.70. The number of halogens is 1. The lowest BCUT2D eigenvalue weighted by Crippen LogP contribution is -2.36. The van der Waals surface area contributed by atoms with E-state index in [1.54, 1.807) is 11.1 Å². The van der Waals surface area contributed by atoms with Gasteiger partial charge in [0, 0.05) is 6.54 Å². The molecule has 1 nitrogen and oxygen atoms in total. The van der Waals surface area contributed by atoms with Crippen molar-refractivity contribution in [3.05, 3.63) is 71.3 Å². The predicted molar refractivity (Wildman–Crippen MR) is 99.4 cm³/mol. The minimum absolute atomic E-state index is 0. The molecule has 0 bridgehead atoms. The van der Waals surface area contributed by atoms with Crippen molar-refractivity contribution < 1.29 is 0 Å². The maximum Gasteiger partial charge on any atom is 0.00160 e. The number of fused-ring (bicyclic) bond motifs is 1. The van der Waals surface area contributed by atoms with Gasteiger partial charge in [0.2, 0.25) is 0 Å². The number of benzene rings is 2. The Kier molecular flexibility index (Phi) is 5.40. The van der Waals surface area contributed by atoms with Crippen LogP contribution in [0, 0.1) is 5.92 Å². The lowest BCUT2D eigenvalue weighted by atomic mass is 9.89. The maximum atomic E-state index is 2.70. The summed E-state index contributed by atoms with van der Waals surface area (Å²) in [5.74, 6) is 1.61. The highest BCUT2D eigenvalue weighted by Gasteiger charge is 2.26. The fourth-order valence-corrected chi connectivity index (χ4v) is 4.32. The highest BCUT2D eigenvalue weighted by Crippen LogP contribution is 2.31. The molecule has 0 atom stereocenters. The second kappa shape index (κ2) is 7.51. The van der Waals surface area contributed by atoms with E-state index < -0.39 is 0 Å². The molecular weight excluding hydrogens is 302 g/mol. The van der Waals surface area contributed by atoms with Crippen LogP contribution >= 0.6 is 12.4 Å². The average Bonchev–Trinajstić information content (AvgIpc) is 2.98. The second-order valence-corrected chi connectivity index (χ2v) is 7.03. The number of likely N-dealkylation sites (tertiary alicyclic amines) is 1. The monoisotopic (exact) mass is 327 g/mol. The molecule has 2 aromatic rings. The topological polar surface area (TPSA) is 3.24 Å². The Bertz CT molecular complexity index is 592. The zero-order chi connectivity index (χ0) is 14.8. The number of hydrogen-bond acceptors (Lipinski definition) is 1. The van der Waals surface area contributed by atoms with Gasteiger partial charge in [-0.1, -0.05) is 54.6 Å². The molecular formula is C21H26ClN. The summed E-state index contributed by atoms with van der Waals surface area (Å²) < 4.78 is 0. The third-order valence-corrected chi connectivity index (χ3v) is 5.51. The van der Waals surface area contributed by atoms with Crippen molar-refractivity contribution in [1.82, 2.24) is 4.90 Å². The van der Waals surface area contributed by atoms with Gasteiger partial charge in [-0.15, -0.1) is 12.4 Å². The summed E-state index contributed by atoms with van der Waals surface area (Å²) in [4.78, 5) is 2.70. The first kappa shape index (κ1) is 16.5. The summed E-state index contributed by atoms with van der Waals surface area (Å²) in [5, 5.41) is 0. The lowest BCUT2D eigenvalue weighted by Gasteiger charge is -2.33. The van der Waals surface area contributed by atoms with Crippen LogP contribution in [0.15, 0.2) is 54.6 Å². The largest absolute Gasteiger partial charge is 0.303 e. The SMILES string of the molecule is Cl.c1ccc(C2CCN(CC3Cc4ccccc4C3)CC2)cc1. The van der Waals surface area contributed by atoms with Gasteiger partial charge in [-0.25, -0.2) is 0 Å². The minimum Gasteiger partial charge on any atom is -0.303 e. The van der Waals surface area contributed by atoms with E-state index in [1.807, 2.05) is 0 Å². The first-order valence-corrected chi connectivity index (χ1v) is 8.72. The Hall–Kier alpha value is -1.31. The van der Waals surface area contributed by atoms with Gasteiger partial charge in [0.1, 0.15) is 0 Å². The minimum atomic E-state index is 0. The summed E-state index contributed by atoms with van der Waals surface area (Å²) in [6.45, 7) is 3.83. The molecule has 1 aliphatic carbocycles. The molecule has 0 radical (unpaired) electrons. The van der Waals surface area contributed by atoms with E-state index in [-0.39, 0.29) is 12.4 Å².